The number of para-hydroxylation sites is 2. The molecule has 4 heterocycles. The van der Waals surface area contributed by atoms with Crippen LogP contribution in [0.25, 0.3) is 33.2 Å². The van der Waals surface area contributed by atoms with Crippen LogP contribution in [-0.2, 0) is 31.1 Å². The van der Waals surface area contributed by atoms with Crippen molar-refractivity contribution in [1.82, 2.24) is 9.13 Å². The second kappa shape index (κ2) is 11.2. The lowest BCUT2D eigenvalue weighted by molar-refractivity contribution is 0.587. The molecule has 11 rings (SSSR count). The van der Waals surface area contributed by atoms with Crippen LogP contribution in [0, 0.1) is 0 Å². The molecule has 0 saturated carbocycles. The van der Waals surface area contributed by atoms with Gasteiger partial charge in [0, 0.05) is 53.1 Å². The van der Waals surface area contributed by atoms with Crippen molar-refractivity contribution in [3.05, 3.63) is 125 Å². The number of hydrogen-bond donors (Lipinski definition) is 0. The highest BCUT2D eigenvalue weighted by Crippen LogP contribution is 2.44. The van der Waals surface area contributed by atoms with Crippen molar-refractivity contribution < 1.29 is 0 Å². The summed E-state index contributed by atoms with van der Waals surface area (Å²) in [6.07, 6.45) is 9.82. The second-order valence-corrected chi connectivity index (χ2v) is 18.4. The van der Waals surface area contributed by atoms with Gasteiger partial charge in [0.2, 0.25) is 6.71 Å². The van der Waals surface area contributed by atoms with Crippen LogP contribution >= 0.6 is 23.5 Å². The maximum atomic E-state index is 2.59. The molecule has 2 aromatic heterocycles. The molecule has 5 heteroatoms. The molecule has 0 atom stereocenters. The van der Waals surface area contributed by atoms with Crippen LogP contribution in [0.5, 0.6) is 0 Å². The Morgan fingerprint density at radius 1 is 0.529 bits per heavy atom. The molecular formula is C46H41BN2S2. The maximum absolute atomic E-state index is 2.59. The van der Waals surface area contributed by atoms with Gasteiger partial charge in [-0.3, -0.25) is 0 Å². The largest absolute Gasteiger partial charge is 0.313 e. The molecule has 4 aliphatic rings. The molecule has 2 aliphatic heterocycles. The first-order chi connectivity index (χ1) is 24.9. The fraction of sp³-hybridized carbons (Fsp3) is 0.261. The summed E-state index contributed by atoms with van der Waals surface area (Å²) in [7, 11) is 0. The van der Waals surface area contributed by atoms with Crippen LogP contribution in [0.2, 0.25) is 0 Å². The zero-order valence-corrected chi connectivity index (χ0v) is 31.3. The molecule has 51 heavy (non-hydrogen) atoms. The van der Waals surface area contributed by atoms with Gasteiger partial charge in [0.15, 0.2) is 0 Å². The first-order valence-corrected chi connectivity index (χ1v) is 20.6. The van der Waals surface area contributed by atoms with Crippen LogP contribution < -0.4 is 16.4 Å². The van der Waals surface area contributed by atoms with Crippen LogP contribution in [0.1, 0.15) is 74.5 Å². The predicted octanol–water partition coefficient (Wildman–Crippen LogP) is 10.1. The van der Waals surface area contributed by atoms with Crippen LogP contribution in [0.3, 0.4) is 0 Å². The smallest absolute Gasteiger partial charge is 0.247 e. The average molecular weight is 697 g/mol. The van der Waals surface area contributed by atoms with Crippen molar-refractivity contribution >= 4 is 68.4 Å². The van der Waals surface area contributed by atoms with Gasteiger partial charge in [-0.15, -0.1) is 0 Å². The molecule has 2 nitrogen and oxygen atoms in total. The molecule has 0 spiro atoms. The Kier molecular flexibility index (Phi) is 6.72. The number of fused-ring (bicyclic) bond motifs is 10. The predicted molar refractivity (Wildman–Crippen MR) is 218 cm³/mol. The van der Waals surface area contributed by atoms with E-state index in [1.165, 1.54) is 125 Å². The van der Waals surface area contributed by atoms with Crippen molar-refractivity contribution in [1.29, 1.82) is 0 Å². The molecule has 250 valence electrons. The van der Waals surface area contributed by atoms with Gasteiger partial charge in [0.05, 0.1) is 11.0 Å². The van der Waals surface area contributed by atoms with Gasteiger partial charge < -0.3 is 9.13 Å². The number of rotatable bonds is 2. The summed E-state index contributed by atoms with van der Waals surface area (Å²) in [5, 5.41) is 2.88. The number of aryl methyl sites for hydroxylation is 2. The molecular weight excluding hydrogens is 655 g/mol. The standard InChI is InChI=1S/C46H41BN2S2/c1-46(2,3)28-24-43-45-44(25-28)51-42-27-30(49-39-18-10-6-14-33(39)34-15-7-11-19-40(34)49)21-23-36(42)47(45)35-22-20-29(26-41(35)50-43)48-37-16-8-4-12-31(37)32-13-5-9-17-38(32)48/h4,6,8,10,12,14,16,18,20-27H,5,7,9,11,13,15,17,19H2,1-3H3. The second-order valence-electron chi connectivity index (χ2n) is 16.2. The van der Waals surface area contributed by atoms with Crippen molar-refractivity contribution in [2.45, 2.75) is 97.1 Å². The highest BCUT2D eigenvalue weighted by molar-refractivity contribution is 8.01. The van der Waals surface area contributed by atoms with Crippen molar-refractivity contribution in [3.63, 3.8) is 0 Å². The van der Waals surface area contributed by atoms with E-state index in [1.807, 2.05) is 23.5 Å². The lowest BCUT2D eigenvalue weighted by Gasteiger charge is -2.35. The SMILES string of the molecule is CC(C)(C)c1cc2c3c(c1)Sc1cc(-n4c5c(c6ccccc64)CCCC5)ccc1B3c1ccc(-n3c4c(c5ccccc53)CCCC4)cc1S2. The summed E-state index contributed by atoms with van der Waals surface area (Å²) >= 11 is 3.99. The minimum Gasteiger partial charge on any atom is -0.313 e. The van der Waals surface area contributed by atoms with Crippen LogP contribution in [0.4, 0.5) is 0 Å². The van der Waals surface area contributed by atoms with Crippen molar-refractivity contribution in [2.24, 2.45) is 0 Å². The van der Waals surface area contributed by atoms with Gasteiger partial charge in [0.1, 0.15) is 0 Å². The van der Waals surface area contributed by atoms with E-state index in [0.29, 0.717) is 0 Å². The highest BCUT2D eigenvalue weighted by Gasteiger charge is 2.39. The van der Waals surface area contributed by atoms with E-state index in [2.05, 4.69) is 127 Å². The fourth-order valence-corrected chi connectivity index (χ4v) is 12.3. The number of aromatic nitrogens is 2. The zero-order valence-electron chi connectivity index (χ0n) is 29.7. The van der Waals surface area contributed by atoms with E-state index >= 15 is 0 Å². The third kappa shape index (κ3) is 4.53. The Hall–Kier alpha value is -4.06. The van der Waals surface area contributed by atoms with Gasteiger partial charge in [-0.2, -0.15) is 0 Å². The summed E-state index contributed by atoms with van der Waals surface area (Å²) < 4.78 is 5.19. The van der Waals surface area contributed by atoms with Gasteiger partial charge in [-0.05, 0) is 127 Å². The molecule has 0 N–H and O–H groups in total. The topological polar surface area (TPSA) is 9.86 Å². The Balaban J connectivity index is 1.10. The normalized spacial score (nSPS) is 16.1. The Morgan fingerprint density at radius 2 is 1.00 bits per heavy atom. The molecule has 5 aromatic carbocycles. The van der Waals surface area contributed by atoms with Gasteiger partial charge in [-0.1, -0.05) is 104 Å². The number of hydrogen-bond acceptors (Lipinski definition) is 2. The summed E-state index contributed by atoms with van der Waals surface area (Å²) in [6.45, 7) is 7.31. The quantitative estimate of drug-likeness (QED) is 0.167. The molecule has 0 fully saturated rings. The van der Waals surface area contributed by atoms with E-state index in [4.69, 9.17) is 0 Å². The summed E-state index contributed by atoms with van der Waals surface area (Å²) in [4.78, 5) is 5.66. The lowest BCUT2D eigenvalue weighted by Crippen LogP contribution is -2.58. The number of benzene rings is 5. The average Bonchev–Trinajstić information content (AvgIpc) is 3.67. The highest BCUT2D eigenvalue weighted by atomic mass is 32.2. The fourth-order valence-electron chi connectivity index (χ4n) is 9.76. The lowest BCUT2D eigenvalue weighted by atomic mass is 9.36. The molecule has 0 bridgehead atoms. The van der Waals surface area contributed by atoms with Gasteiger partial charge >= 0.3 is 0 Å². The van der Waals surface area contributed by atoms with E-state index in [-0.39, 0.29) is 12.1 Å². The maximum Gasteiger partial charge on any atom is 0.247 e. The van der Waals surface area contributed by atoms with Crippen molar-refractivity contribution in [2.75, 3.05) is 0 Å². The Morgan fingerprint density at radius 3 is 1.49 bits per heavy atom. The Bertz CT molecular complexity index is 2430. The van der Waals surface area contributed by atoms with E-state index in [1.54, 1.807) is 11.1 Å². The molecule has 0 saturated heterocycles. The Labute approximate surface area is 309 Å². The van der Waals surface area contributed by atoms with Crippen LogP contribution in [-0.4, -0.2) is 15.8 Å². The zero-order chi connectivity index (χ0) is 34.0. The first kappa shape index (κ1) is 30.6. The van der Waals surface area contributed by atoms with Crippen molar-refractivity contribution in [3.8, 4) is 11.4 Å². The van der Waals surface area contributed by atoms with E-state index in [9.17, 15) is 0 Å². The minimum atomic E-state index is 0.0681. The van der Waals surface area contributed by atoms with Gasteiger partial charge in [-0.25, -0.2) is 0 Å². The molecule has 0 unspecified atom stereocenters. The number of nitrogens with zero attached hydrogens (tertiary/aromatic N) is 2. The molecule has 2 aliphatic carbocycles. The summed E-state index contributed by atoms with van der Waals surface area (Å²) in [6, 6.07) is 38.0. The summed E-state index contributed by atoms with van der Waals surface area (Å²) in [5.41, 5.74) is 17.4. The van der Waals surface area contributed by atoms with Crippen LogP contribution in [0.15, 0.2) is 117 Å². The molecule has 0 amide bonds. The molecule has 0 radical (unpaired) electrons. The first-order valence-electron chi connectivity index (χ1n) is 19.0. The third-order valence-corrected chi connectivity index (χ3v) is 14.5. The van der Waals surface area contributed by atoms with Gasteiger partial charge in [0.25, 0.3) is 0 Å². The summed E-state index contributed by atoms with van der Waals surface area (Å²) in [5.74, 6) is 0. The third-order valence-electron chi connectivity index (χ3n) is 12.2. The van der Waals surface area contributed by atoms with E-state index in [0.717, 1.165) is 12.8 Å². The monoisotopic (exact) mass is 696 g/mol. The molecule has 7 aromatic rings. The van der Waals surface area contributed by atoms with E-state index < -0.39 is 0 Å². The minimum absolute atomic E-state index is 0.0681.